The topological polar surface area (TPSA) is 17.3 Å². The number of aromatic nitrogens is 2. The summed E-state index contributed by atoms with van der Waals surface area (Å²) in [6.07, 6.45) is 6.72. The van der Waals surface area contributed by atoms with E-state index in [1.54, 1.807) is 0 Å². The van der Waals surface area contributed by atoms with Gasteiger partial charge in [-0.05, 0) is 12.1 Å². The van der Waals surface area contributed by atoms with Crippen molar-refractivity contribution in [2.45, 2.75) is 6.42 Å². The third-order valence-corrected chi connectivity index (χ3v) is 1.77. The molecule has 2 heteroatoms. The highest BCUT2D eigenvalue weighted by Gasteiger charge is 1.96. The average molecular weight is 158 g/mol. The third kappa shape index (κ3) is 1.11. The fraction of sp³-hybridized carbons (Fsp3) is 0.100. The lowest BCUT2D eigenvalue weighted by Gasteiger charge is -1.86. The second-order valence-electron chi connectivity index (χ2n) is 2.69. The number of fused-ring (bicyclic) bond motifs is 1. The SMILES string of the molecule is C=CCc1cn2ccccc2n1. The number of hydrogen-bond donors (Lipinski definition) is 0. The zero-order valence-corrected chi connectivity index (χ0v) is 6.77. The molecule has 2 aromatic heterocycles. The molecule has 2 aromatic rings. The summed E-state index contributed by atoms with van der Waals surface area (Å²) in [6, 6.07) is 5.97. The van der Waals surface area contributed by atoms with Crippen molar-refractivity contribution in [3.8, 4) is 0 Å². The highest BCUT2D eigenvalue weighted by atomic mass is 15.0. The molecule has 0 aliphatic carbocycles. The van der Waals surface area contributed by atoms with E-state index in [9.17, 15) is 0 Å². The van der Waals surface area contributed by atoms with Crippen LogP contribution in [-0.4, -0.2) is 9.38 Å². The van der Waals surface area contributed by atoms with Gasteiger partial charge in [-0.3, -0.25) is 0 Å². The van der Waals surface area contributed by atoms with Crippen molar-refractivity contribution < 1.29 is 0 Å². The molecule has 12 heavy (non-hydrogen) atoms. The summed E-state index contributed by atoms with van der Waals surface area (Å²) in [5, 5.41) is 0. The van der Waals surface area contributed by atoms with Gasteiger partial charge in [-0.25, -0.2) is 4.98 Å². The van der Waals surface area contributed by atoms with Crippen molar-refractivity contribution in [2.75, 3.05) is 0 Å². The van der Waals surface area contributed by atoms with E-state index in [0.29, 0.717) is 0 Å². The Bertz CT molecular complexity index is 368. The molecule has 0 aromatic carbocycles. The van der Waals surface area contributed by atoms with Crippen LogP contribution in [0.3, 0.4) is 0 Å². The molecule has 2 heterocycles. The van der Waals surface area contributed by atoms with Crippen molar-refractivity contribution in [3.63, 3.8) is 0 Å². The molecule has 0 saturated carbocycles. The predicted molar refractivity (Wildman–Crippen MR) is 49.1 cm³/mol. The van der Waals surface area contributed by atoms with Gasteiger partial charge in [-0.2, -0.15) is 0 Å². The van der Waals surface area contributed by atoms with Gasteiger partial charge in [0.25, 0.3) is 0 Å². The number of pyridine rings is 1. The minimum absolute atomic E-state index is 0.835. The Hall–Kier alpha value is -1.57. The monoisotopic (exact) mass is 158 g/mol. The molecule has 0 atom stereocenters. The second kappa shape index (κ2) is 2.81. The lowest BCUT2D eigenvalue weighted by molar-refractivity contribution is 1.16. The quantitative estimate of drug-likeness (QED) is 0.611. The van der Waals surface area contributed by atoms with E-state index < -0.39 is 0 Å². The Kier molecular flexibility index (Phi) is 1.67. The molecule has 0 amide bonds. The molecule has 0 aliphatic heterocycles. The fourth-order valence-electron chi connectivity index (χ4n) is 1.23. The summed E-state index contributed by atoms with van der Waals surface area (Å²) in [4.78, 5) is 4.39. The third-order valence-electron chi connectivity index (χ3n) is 1.77. The summed E-state index contributed by atoms with van der Waals surface area (Å²) < 4.78 is 2.01. The maximum Gasteiger partial charge on any atom is 0.136 e. The first-order chi connectivity index (χ1) is 5.90. The molecule has 0 fully saturated rings. The van der Waals surface area contributed by atoms with Crippen molar-refractivity contribution in [2.24, 2.45) is 0 Å². The summed E-state index contributed by atoms with van der Waals surface area (Å²) in [5.41, 5.74) is 2.06. The maximum atomic E-state index is 4.39. The molecule has 0 aliphatic rings. The van der Waals surface area contributed by atoms with Gasteiger partial charge in [0.15, 0.2) is 0 Å². The molecule has 0 spiro atoms. The summed E-state index contributed by atoms with van der Waals surface area (Å²) in [6.45, 7) is 3.68. The van der Waals surface area contributed by atoms with Crippen LogP contribution in [0.4, 0.5) is 0 Å². The van der Waals surface area contributed by atoms with Gasteiger partial charge >= 0.3 is 0 Å². The van der Waals surface area contributed by atoms with E-state index in [4.69, 9.17) is 0 Å². The molecule has 0 saturated heterocycles. The average Bonchev–Trinajstić information content (AvgIpc) is 2.47. The fourth-order valence-corrected chi connectivity index (χ4v) is 1.23. The minimum atomic E-state index is 0.835. The van der Waals surface area contributed by atoms with Crippen LogP contribution in [0, 0.1) is 0 Å². The number of imidazole rings is 1. The molecule has 0 unspecified atom stereocenters. The van der Waals surface area contributed by atoms with Crippen molar-refractivity contribution in [3.05, 3.63) is 48.9 Å². The van der Waals surface area contributed by atoms with Crippen molar-refractivity contribution in [1.29, 1.82) is 0 Å². The smallest absolute Gasteiger partial charge is 0.136 e. The second-order valence-corrected chi connectivity index (χ2v) is 2.69. The molecule has 0 bridgehead atoms. The van der Waals surface area contributed by atoms with E-state index in [-0.39, 0.29) is 0 Å². The Balaban J connectivity index is 2.54. The van der Waals surface area contributed by atoms with Gasteiger partial charge < -0.3 is 4.40 Å². The normalized spacial score (nSPS) is 10.3. The van der Waals surface area contributed by atoms with Gasteiger partial charge in [0.05, 0.1) is 5.69 Å². The van der Waals surface area contributed by atoms with Gasteiger partial charge in [-0.1, -0.05) is 12.1 Å². The van der Waals surface area contributed by atoms with E-state index in [1.807, 2.05) is 41.1 Å². The highest BCUT2D eigenvalue weighted by molar-refractivity contribution is 5.39. The Morgan fingerprint density at radius 2 is 2.42 bits per heavy atom. The van der Waals surface area contributed by atoms with E-state index in [2.05, 4.69) is 11.6 Å². The van der Waals surface area contributed by atoms with Crippen molar-refractivity contribution >= 4 is 5.65 Å². The molecular formula is C10H10N2. The predicted octanol–water partition coefficient (Wildman–Crippen LogP) is 2.06. The molecule has 0 radical (unpaired) electrons. The Morgan fingerprint density at radius 1 is 1.50 bits per heavy atom. The molecule has 2 nitrogen and oxygen atoms in total. The molecule has 60 valence electrons. The number of nitrogens with zero attached hydrogens (tertiary/aromatic N) is 2. The number of allylic oxidation sites excluding steroid dienone is 1. The van der Waals surface area contributed by atoms with E-state index in [1.165, 1.54) is 0 Å². The number of rotatable bonds is 2. The molecule has 2 rings (SSSR count). The van der Waals surface area contributed by atoms with Crippen LogP contribution in [0.2, 0.25) is 0 Å². The first-order valence-electron chi connectivity index (χ1n) is 3.93. The zero-order valence-electron chi connectivity index (χ0n) is 6.77. The first-order valence-corrected chi connectivity index (χ1v) is 3.93. The van der Waals surface area contributed by atoms with Crippen LogP contribution in [-0.2, 0) is 6.42 Å². The number of hydrogen-bond acceptors (Lipinski definition) is 1. The Morgan fingerprint density at radius 3 is 3.17 bits per heavy atom. The summed E-state index contributed by atoms with van der Waals surface area (Å²) in [5.74, 6) is 0. The van der Waals surface area contributed by atoms with E-state index in [0.717, 1.165) is 17.8 Å². The highest BCUT2D eigenvalue weighted by Crippen LogP contribution is 2.04. The molecule has 0 N–H and O–H groups in total. The lowest BCUT2D eigenvalue weighted by Crippen LogP contribution is -1.77. The first kappa shape index (κ1) is 7.10. The zero-order chi connectivity index (χ0) is 8.39. The van der Waals surface area contributed by atoms with Crippen LogP contribution in [0.1, 0.15) is 5.69 Å². The van der Waals surface area contributed by atoms with Gasteiger partial charge in [0.1, 0.15) is 5.65 Å². The van der Waals surface area contributed by atoms with Crippen LogP contribution >= 0.6 is 0 Å². The van der Waals surface area contributed by atoms with E-state index >= 15 is 0 Å². The Labute approximate surface area is 71.2 Å². The largest absolute Gasteiger partial charge is 0.307 e. The molecular weight excluding hydrogens is 148 g/mol. The summed E-state index contributed by atoms with van der Waals surface area (Å²) >= 11 is 0. The van der Waals surface area contributed by atoms with Crippen LogP contribution in [0.15, 0.2) is 43.2 Å². The van der Waals surface area contributed by atoms with Gasteiger partial charge in [-0.15, -0.1) is 6.58 Å². The van der Waals surface area contributed by atoms with Gasteiger partial charge in [0, 0.05) is 18.8 Å². The van der Waals surface area contributed by atoms with Crippen LogP contribution < -0.4 is 0 Å². The minimum Gasteiger partial charge on any atom is -0.307 e. The van der Waals surface area contributed by atoms with Crippen LogP contribution in [0.5, 0.6) is 0 Å². The van der Waals surface area contributed by atoms with Crippen LogP contribution in [0.25, 0.3) is 5.65 Å². The maximum absolute atomic E-state index is 4.39. The van der Waals surface area contributed by atoms with Gasteiger partial charge in [0.2, 0.25) is 0 Å². The lowest BCUT2D eigenvalue weighted by atomic mass is 10.3. The summed E-state index contributed by atoms with van der Waals surface area (Å²) in [7, 11) is 0. The standard InChI is InChI=1S/C10H10N2/c1-2-5-9-8-12-7-4-3-6-10(12)11-9/h2-4,6-8H,1,5H2. The van der Waals surface area contributed by atoms with Crippen molar-refractivity contribution in [1.82, 2.24) is 9.38 Å².